The van der Waals surface area contributed by atoms with Crippen molar-refractivity contribution in [3.63, 3.8) is 0 Å². The van der Waals surface area contributed by atoms with E-state index in [0.29, 0.717) is 26.3 Å². The molecule has 0 saturated carbocycles. The number of anilines is 1. The third-order valence-electron chi connectivity index (χ3n) is 4.01. The second-order valence-electron chi connectivity index (χ2n) is 6.29. The third-order valence-corrected chi connectivity index (χ3v) is 6.47. The van der Waals surface area contributed by atoms with E-state index in [0.717, 1.165) is 4.31 Å². The van der Waals surface area contributed by atoms with Crippen LogP contribution in [0.25, 0.3) is 0 Å². The predicted octanol–water partition coefficient (Wildman–Crippen LogP) is 4.87. The number of sulfonamides is 1. The Kier molecular flexibility index (Phi) is 7.33. The fraction of sp³-hybridized carbons (Fsp3) is 0.100. The van der Waals surface area contributed by atoms with E-state index >= 15 is 0 Å². The maximum atomic E-state index is 13.1. The Balaban J connectivity index is 1.86. The van der Waals surface area contributed by atoms with Crippen LogP contribution in [0.2, 0.25) is 15.1 Å². The van der Waals surface area contributed by atoms with Gasteiger partial charge in [-0.25, -0.2) is 8.42 Å². The summed E-state index contributed by atoms with van der Waals surface area (Å²) in [5.74, 6) is -0.547. The average Bonchev–Trinajstić information content (AvgIpc) is 2.69. The van der Waals surface area contributed by atoms with Crippen molar-refractivity contribution >= 4 is 56.4 Å². The molecule has 0 fully saturated rings. The molecule has 0 spiro atoms. The quantitative estimate of drug-likeness (QED) is 0.519. The number of nitrogens with one attached hydrogen (secondary N) is 1. The second-order valence-corrected chi connectivity index (χ2v) is 9.54. The number of hydrogen-bond donors (Lipinski definition) is 1. The fourth-order valence-electron chi connectivity index (χ4n) is 2.65. The van der Waals surface area contributed by atoms with Gasteiger partial charge >= 0.3 is 0 Å². The molecule has 1 N–H and O–H groups in total. The van der Waals surface area contributed by atoms with E-state index in [2.05, 4.69) is 10.3 Å². The summed E-state index contributed by atoms with van der Waals surface area (Å²) in [4.78, 5) is 16.5. The molecule has 0 aliphatic heterocycles. The first-order chi connectivity index (χ1) is 14.2. The summed E-state index contributed by atoms with van der Waals surface area (Å²) in [5.41, 5.74) is 1.04. The van der Waals surface area contributed by atoms with Crippen molar-refractivity contribution in [1.29, 1.82) is 0 Å². The van der Waals surface area contributed by atoms with Crippen LogP contribution >= 0.6 is 34.8 Å². The first kappa shape index (κ1) is 22.5. The van der Waals surface area contributed by atoms with Crippen molar-refractivity contribution in [2.75, 3.05) is 11.9 Å². The molecule has 1 amide bonds. The van der Waals surface area contributed by atoms with Crippen molar-refractivity contribution in [3.05, 3.63) is 87.6 Å². The molecule has 0 saturated heterocycles. The van der Waals surface area contributed by atoms with E-state index in [1.165, 1.54) is 42.7 Å². The minimum absolute atomic E-state index is 0.0161. The molecule has 3 rings (SSSR count). The van der Waals surface area contributed by atoms with E-state index < -0.39 is 22.5 Å². The van der Waals surface area contributed by atoms with Gasteiger partial charge in [-0.15, -0.1) is 0 Å². The molecular weight excluding hydrogens is 469 g/mol. The average molecular weight is 485 g/mol. The number of halogens is 3. The molecule has 0 unspecified atom stereocenters. The zero-order valence-corrected chi connectivity index (χ0v) is 18.5. The highest BCUT2D eigenvalue weighted by atomic mass is 35.5. The SMILES string of the molecule is O=C(CN(Cc1ccc(Cl)cc1)S(=O)(=O)c1cccnc1)Nc1cc(Cl)cc(Cl)c1. The molecule has 2 aromatic carbocycles. The van der Waals surface area contributed by atoms with E-state index in [-0.39, 0.29) is 11.4 Å². The van der Waals surface area contributed by atoms with Crippen LogP contribution in [0.1, 0.15) is 5.56 Å². The van der Waals surface area contributed by atoms with Crippen LogP contribution in [0, 0.1) is 0 Å². The normalized spacial score (nSPS) is 11.5. The van der Waals surface area contributed by atoms with Gasteiger partial charge in [0, 0.05) is 39.7 Å². The zero-order chi connectivity index (χ0) is 21.7. The molecule has 0 aliphatic carbocycles. The van der Waals surface area contributed by atoms with Crippen LogP contribution in [-0.2, 0) is 21.4 Å². The standard InChI is InChI=1S/C20H16Cl3N3O3S/c21-15-5-3-14(4-6-15)12-26(30(28,29)19-2-1-7-24-11-19)13-20(27)25-18-9-16(22)8-17(23)10-18/h1-11H,12-13H2,(H,25,27). The molecular formula is C20H16Cl3N3O3S. The number of aromatic nitrogens is 1. The van der Waals surface area contributed by atoms with Gasteiger partial charge in [0.15, 0.2) is 0 Å². The number of rotatable bonds is 7. The molecule has 0 bridgehead atoms. The highest BCUT2D eigenvalue weighted by Crippen LogP contribution is 2.23. The minimum atomic E-state index is -3.99. The predicted molar refractivity (Wildman–Crippen MR) is 118 cm³/mol. The van der Waals surface area contributed by atoms with Crippen LogP contribution in [0.5, 0.6) is 0 Å². The van der Waals surface area contributed by atoms with Gasteiger partial charge in [0.2, 0.25) is 15.9 Å². The number of nitrogens with zero attached hydrogens (tertiary/aromatic N) is 2. The molecule has 1 aromatic heterocycles. The highest BCUT2D eigenvalue weighted by molar-refractivity contribution is 7.89. The maximum Gasteiger partial charge on any atom is 0.245 e. The van der Waals surface area contributed by atoms with Crippen LogP contribution in [0.3, 0.4) is 0 Å². The number of carbonyl (C=O) groups is 1. The number of carbonyl (C=O) groups excluding carboxylic acids is 1. The van der Waals surface area contributed by atoms with Gasteiger partial charge in [0.05, 0.1) is 6.54 Å². The van der Waals surface area contributed by atoms with Gasteiger partial charge in [0.25, 0.3) is 0 Å². The Hall–Kier alpha value is -2.16. The summed E-state index contributed by atoms with van der Waals surface area (Å²) in [5, 5.41) is 3.84. The van der Waals surface area contributed by atoms with Gasteiger partial charge in [-0.2, -0.15) is 4.31 Å². The minimum Gasteiger partial charge on any atom is -0.325 e. The van der Waals surface area contributed by atoms with Gasteiger partial charge in [0.1, 0.15) is 4.90 Å². The van der Waals surface area contributed by atoms with Crippen LogP contribution in [0.15, 0.2) is 71.9 Å². The van der Waals surface area contributed by atoms with Gasteiger partial charge in [-0.05, 0) is 48.0 Å². The highest BCUT2D eigenvalue weighted by Gasteiger charge is 2.27. The Morgan fingerprint density at radius 2 is 1.63 bits per heavy atom. The topological polar surface area (TPSA) is 79.4 Å². The van der Waals surface area contributed by atoms with Gasteiger partial charge < -0.3 is 5.32 Å². The molecule has 3 aromatic rings. The van der Waals surface area contributed by atoms with Crippen molar-refractivity contribution in [1.82, 2.24) is 9.29 Å². The summed E-state index contributed by atoms with van der Waals surface area (Å²) in [6.45, 7) is -0.456. The lowest BCUT2D eigenvalue weighted by Crippen LogP contribution is -2.37. The van der Waals surface area contributed by atoms with E-state index in [4.69, 9.17) is 34.8 Å². The lowest BCUT2D eigenvalue weighted by molar-refractivity contribution is -0.116. The van der Waals surface area contributed by atoms with E-state index in [1.54, 1.807) is 24.3 Å². The first-order valence-corrected chi connectivity index (χ1v) is 11.2. The number of benzene rings is 2. The van der Waals surface area contributed by atoms with Crippen LogP contribution in [0.4, 0.5) is 5.69 Å². The molecule has 156 valence electrons. The fourth-order valence-corrected chi connectivity index (χ4v) is 4.66. The molecule has 6 nitrogen and oxygen atoms in total. The van der Waals surface area contributed by atoms with Crippen molar-refractivity contribution in [2.45, 2.75) is 11.4 Å². The number of amides is 1. The van der Waals surface area contributed by atoms with Crippen LogP contribution < -0.4 is 5.32 Å². The molecule has 10 heteroatoms. The van der Waals surface area contributed by atoms with Crippen LogP contribution in [-0.4, -0.2) is 30.2 Å². The first-order valence-electron chi connectivity index (χ1n) is 8.64. The lowest BCUT2D eigenvalue weighted by Gasteiger charge is -2.22. The Bertz CT molecular complexity index is 1120. The third kappa shape index (κ3) is 5.93. The van der Waals surface area contributed by atoms with Gasteiger partial charge in [-0.3, -0.25) is 9.78 Å². The number of pyridine rings is 1. The van der Waals surface area contributed by atoms with Crippen molar-refractivity contribution in [2.24, 2.45) is 0 Å². The summed E-state index contributed by atoms with van der Waals surface area (Å²) >= 11 is 17.8. The molecule has 0 aliphatic rings. The molecule has 1 heterocycles. The Morgan fingerprint density at radius 3 is 2.23 bits per heavy atom. The largest absolute Gasteiger partial charge is 0.325 e. The van der Waals surface area contributed by atoms with Gasteiger partial charge in [-0.1, -0.05) is 46.9 Å². The second kappa shape index (κ2) is 9.76. The number of hydrogen-bond acceptors (Lipinski definition) is 4. The van der Waals surface area contributed by atoms with E-state index in [1.807, 2.05) is 0 Å². The molecule has 30 heavy (non-hydrogen) atoms. The summed E-state index contributed by atoms with van der Waals surface area (Å²) in [6, 6.07) is 14.2. The molecule has 0 radical (unpaired) electrons. The smallest absolute Gasteiger partial charge is 0.245 e. The summed E-state index contributed by atoms with van der Waals surface area (Å²) in [7, 11) is -3.99. The van der Waals surface area contributed by atoms with Crippen molar-refractivity contribution in [3.8, 4) is 0 Å². The monoisotopic (exact) mass is 483 g/mol. The zero-order valence-electron chi connectivity index (χ0n) is 15.4. The lowest BCUT2D eigenvalue weighted by atomic mass is 10.2. The van der Waals surface area contributed by atoms with Crippen molar-refractivity contribution < 1.29 is 13.2 Å². The Labute approximate surface area is 189 Å². The Morgan fingerprint density at radius 1 is 0.967 bits per heavy atom. The summed E-state index contributed by atoms with van der Waals surface area (Å²) in [6.07, 6.45) is 2.71. The van der Waals surface area contributed by atoms with E-state index in [9.17, 15) is 13.2 Å². The molecule has 0 atom stereocenters. The maximum absolute atomic E-state index is 13.1. The summed E-state index contributed by atoms with van der Waals surface area (Å²) < 4.78 is 27.3.